The smallest absolute Gasteiger partial charge is 0.322 e. The average Bonchev–Trinajstić information content (AvgIpc) is 3.11. The number of carbonyl (C=O) groups excluding carboxylic acids is 1. The molecule has 4 aliphatic carbocycles. The van der Waals surface area contributed by atoms with Gasteiger partial charge in [0.15, 0.2) is 0 Å². The molecule has 0 saturated heterocycles. The minimum Gasteiger partial charge on any atom is -0.480 e. The zero-order valence-corrected chi connectivity index (χ0v) is 20.4. The first-order valence-electron chi connectivity index (χ1n) is 13.0. The van der Waals surface area contributed by atoms with Gasteiger partial charge in [0.05, 0.1) is 18.3 Å². The molecular formula is C26H43NO6. The Labute approximate surface area is 197 Å². The number of amides is 1. The van der Waals surface area contributed by atoms with Gasteiger partial charge in [-0.25, -0.2) is 0 Å². The van der Waals surface area contributed by atoms with Gasteiger partial charge in [-0.3, -0.25) is 9.59 Å². The number of hydrogen-bond donors (Lipinski definition) is 5. The minimum atomic E-state index is -1.04. The number of aliphatic hydroxyl groups is 3. The van der Waals surface area contributed by atoms with Crippen LogP contribution in [0.1, 0.15) is 78.6 Å². The lowest BCUT2D eigenvalue weighted by atomic mass is 9.43. The largest absolute Gasteiger partial charge is 0.480 e. The molecule has 0 aromatic rings. The van der Waals surface area contributed by atoms with Crippen LogP contribution in [0.3, 0.4) is 0 Å². The summed E-state index contributed by atoms with van der Waals surface area (Å²) >= 11 is 0. The number of carboxylic acid groups (broad SMARTS) is 1. The Balaban J connectivity index is 1.49. The normalized spacial score (nSPS) is 47.7. The van der Waals surface area contributed by atoms with E-state index < -0.39 is 12.1 Å². The quantitative estimate of drug-likeness (QED) is 0.410. The SMILES string of the molecule is C[C@H](CCC(=O)NCC(=O)O)C1CC[C@H]2[C@@H]3[C@H](O)C[C@@H]4C[C@H](O)CC[C@]4(C)[C@H]3C[C@H](O)[C@]12C. The molecule has 5 N–H and O–H groups in total. The van der Waals surface area contributed by atoms with Gasteiger partial charge in [-0.2, -0.15) is 0 Å². The van der Waals surface area contributed by atoms with Crippen molar-refractivity contribution in [1.29, 1.82) is 0 Å². The van der Waals surface area contributed by atoms with Crippen LogP contribution in [0.5, 0.6) is 0 Å². The van der Waals surface area contributed by atoms with Gasteiger partial charge in [0.1, 0.15) is 6.54 Å². The van der Waals surface area contributed by atoms with E-state index in [2.05, 4.69) is 26.1 Å². The highest BCUT2D eigenvalue weighted by atomic mass is 16.4. The van der Waals surface area contributed by atoms with Gasteiger partial charge < -0.3 is 25.7 Å². The van der Waals surface area contributed by atoms with Gasteiger partial charge in [0.2, 0.25) is 5.91 Å². The van der Waals surface area contributed by atoms with Crippen molar-refractivity contribution in [1.82, 2.24) is 5.32 Å². The molecule has 0 aliphatic heterocycles. The highest BCUT2D eigenvalue weighted by Gasteiger charge is 2.65. The third kappa shape index (κ3) is 4.23. The lowest BCUT2D eigenvalue weighted by molar-refractivity contribution is -0.207. The van der Waals surface area contributed by atoms with E-state index in [0.717, 1.165) is 38.5 Å². The predicted octanol–water partition coefficient (Wildman–Crippen LogP) is 2.56. The third-order valence-electron chi connectivity index (χ3n) is 10.8. The van der Waals surface area contributed by atoms with Gasteiger partial charge in [0.25, 0.3) is 0 Å². The summed E-state index contributed by atoms with van der Waals surface area (Å²) in [6, 6.07) is 0. The van der Waals surface area contributed by atoms with Gasteiger partial charge in [0, 0.05) is 6.42 Å². The molecule has 4 aliphatic rings. The molecule has 1 unspecified atom stereocenters. The molecule has 0 aromatic heterocycles. The van der Waals surface area contributed by atoms with Crippen LogP contribution in [0.2, 0.25) is 0 Å². The number of carboxylic acids is 1. The minimum absolute atomic E-state index is 0.0668. The Morgan fingerprint density at radius 1 is 1.03 bits per heavy atom. The molecule has 188 valence electrons. The fraction of sp³-hybridized carbons (Fsp3) is 0.923. The number of hydrogen-bond acceptors (Lipinski definition) is 5. The monoisotopic (exact) mass is 465 g/mol. The van der Waals surface area contributed by atoms with Gasteiger partial charge >= 0.3 is 5.97 Å². The maximum atomic E-state index is 12.0. The van der Waals surface area contributed by atoms with Crippen molar-refractivity contribution in [2.75, 3.05) is 6.54 Å². The summed E-state index contributed by atoms with van der Waals surface area (Å²) in [5.74, 6) is 0.265. The van der Waals surface area contributed by atoms with E-state index in [-0.39, 0.29) is 65.1 Å². The van der Waals surface area contributed by atoms with Crippen LogP contribution in [-0.2, 0) is 9.59 Å². The van der Waals surface area contributed by atoms with Crippen LogP contribution >= 0.6 is 0 Å². The van der Waals surface area contributed by atoms with Crippen molar-refractivity contribution in [2.45, 2.75) is 96.9 Å². The zero-order valence-electron chi connectivity index (χ0n) is 20.4. The fourth-order valence-corrected chi connectivity index (χ4v) is 8.95. The van der Waals surface area contributed by atoms with Crippen LogP contribution in [0.15, 0.2) is 0 Å². The van der Waals surface area contributed by atoms with Crippen LogP contribution < -0.4 is 5.32 Å². The Morgan fingerprint density at radius 2 is 1.76 bits per heavy atom. The van der Waals surface area contributed by atoms with Crippen molar-refractivity contribution in [3.05, 3.63) is 0 Å². The number of aliphatic hydroxyl groups excluding tert-OH is 3. The van der Waals surface area contributed by atoms with Crippen molar-refractivity contribution in [3.8, 4) is 0 Å². The molecule has 4 rings (SSSR count). The topological polar surface area (TPSA) is 127 Å². The van der Waals surface area contributed by atoms with Crippen LogP contribution in [0.4, 0.5) is 0 Å². The second kappa shape index (κ2) is 9.12. The zero-order chi connectivity index (χ0) is 24.1. The molecule has 7 heteroatoms. The van der Waals surface area contributed by atoms with Gasteiger partial charge in [-0.05, 0) is 97.7 Å². The molecular weight excluding hydrogens is 422 g/mol. The van der Waals surface area contributed by atoms with Crippen LogP contribution in [0, 0.1) is 46.3 Å². The van der Waals surface area contributed by atoms with E-state index in [1.165, 1.54) is 0 Å². The molecule has 0 bridgehead atoms. The highest BCUT2D eigenvalue weighted by Crippen LogP contribution is 2.68. The second-order valence-corrected chi connectivity index (χ2v) is 12.2. The number of aliphatic carboxylic acids is 1. The molecule has 33 heavy (non-hydrogen) atoms. The van der Waals surface area contributed by atoms with Crippen molar-refractivity contribution in [3.63, 3.8) is 0 Å². The number of carbonyl (C=O) groups is 2. The van der Waals surface area contributed by atoms with E-state index in [4.69, 9.17) is 5.11 Å². The highest BCUT2D eigenvalue weighted by molar-refractivity contribution is 5.81. The van der Waals surface area contributed by atoms with Crippen molar-refractivity contribution < 1.29 is 30.0 Å². The Morgan fingerprint density at radius 3 is 2.45 bits per heavy atom. The van der Waals surface area contributed by atoms with Crippen LogP contribution in [-0.4, -0.2) is 57.2 Å². The predicted molar refractivity (Wildman–Crippen MR) is 123 cm³/mol. The summed E-state index contributed by atoms with van der Waals surface area (Å²) in [5, 5.41) is 44.4. The number of nitrogens with one attached hydrogen (secondary N) is 1. The van der Waals surface area contributed by atoms with E-state index >= 15 is 0 Å². The first-order valence-corrected chi connectivity index (χ1v) is 13.0. The standard InChI is InChI=1S/C26H43NO6/c1-14(4-7-22(31)27-13-23(32)33)17-5-6-18-24-19(12-21(30)26(17,18)3)25(2)9-8-16(28)10-15(25)11-20(24)29/h14-21,24,28-30H,4-13H2,1-3H3,(H,27,31)(H,32,33)/t14-,15+,16-,17?,18+,19+,20-,21+,24+,25+,26-/m1/s1. The summed E-state index contributed by atoms with van der Waals surface area (Å²) in [5.41, 5.74) is -0.214. The maximum absolute atomic E-state index is 12.0. The molecule has 0 radical (unpaired) electrons. The summed E-state index contributed by atoms with van der Waals surface area (Å²) in [7, 11) is 0. The van der Waals surface area contributed by atoms with Gasteiger partial charge in [-0.15, -0.1) is 0 Å². The molecule has 4 fully saturated rings. The summed E-state index contributed by atoms with van der Waals surface area (Å²) in [4.78, 5) is 22.7. The lowest BCUT2D eigenvalue weighted by Crippen LogP contribution is -2.62. The van der Waals surface area contributed by atoms with Gasteiger partial charge in [-0.1, -0.05) is 20.8 Å². The molecule has 1 amide bonds. The molecule has 0 aromatic carbocycles. The maximum Gasteiger partial charge on any atom is 0.322 e. The summed E-state index contributed by atoms with van der Waals surface area (Å²) in [6.45, 7) is 6.35. The van der Waals surface area contributed by atoms with E-state index in [1.807, 2.05) is 0 Å². The molecule has 11 atom stereocenters. The van der Waals surface area contributed by atoms with E-state index in [9.17, 15) is 24.9 Å². The third-order valence-corrected chi connectivity index (χ3v) is 10.8. The van der Waals surface area contributed by atoms with Crippen molar-refractivity contribution >= 4 is 11.9 Å². The van der Waals surface area contributed by atoms with Crippen molar-refractivity contribution in [2.24, 2.45) is 46.3 Å². The van der Waals surface area contributed by atoms with Crippen LogP contribution in [0.25, 0.3) is 0 Å². The van der Waals surface area contributed by atoms with E-state index in [0.29, 0.717) is 25.2 Å². The summed E-state index contributed by atoms with van der Waals surface area (Å²) in [6.07, 6.45) is 5.86. The lowest BCUT2D eigenvalue weighted by Gasteiger charge is -2.63. The van der Waals surface area contributed by atoms with E-state index in [1.54, 1.807) is 0 Å². The number of rotatable bonds is 6. The molecule has 0 heterocycles. The fourth-order valence-electron chi connectivity index (χ4n) is 8.95. The Kier molecular flexibility index (Phi) is 6.89. The Hall–Kier alpha value is -1.18. The Bertz CT molecular complexity index is 759. The summed E-state index contributed by atoms with van der Waals surface area (Å²) < 4.78 is 0. The number of fused-ring (bicyclic) bond motifs is 5. The second-order valence-electron chi connectivity index (χ2n) is 12.2. The average molecular weight is 466 g/mol. The molecule has 7 nitrogen and oxygen atoms in total. The molecule has 4 saturated carbocycles. The first kappa shape index (κ1) is 24.9. The first-order chi connectivity index (χ1) is 15.5. The molecule has 0 spiro atoms.